The van der Waals surface area contributed by atoms with Crippen LogP contribution in [0, 0.1) is 6.92 Å². The van der Waals surface area contributed by atoms with Gasteiger partial charge in [-0.2, -0.15) is 4.98 Å². The number of nitrogens with one attached hydrogen (secondary N) is 2. The van der Waals surface area contributed by atoms with E-state index in [4.69, 9.17) is 9.26 Å². The average Bonchev–Trinajstić information content (AvgIpc) is 2.97. The fraction of sp³-hybridized carbons (Fsp3) is 0.714. The van der Waals surface area contributed by atoms with Gasteiger partial charge in [-0.1, -0.05) is 5.16 Å². The Labute approximate surface area is 158 Å². The maximum absolute atomic E-state index is 11.7. The van der Waals surface area contributed by atoms with Crippen LogP contribution in [0.25, 0.3) is 0 Å². The summed E-state index contributed by atoms with van der Waals surface area (Å²) in [5, 5.41) is 10.3. The number of carbonyl (C=O) groups is 1. The van der Waals surface area contributed by atoms with Gasteiger partial charge in [-0.05, 0) is 19.8 Å². The summed E-state index contributed by atoms with van der Waals surface area (Å²) in [5.74, 6) is 1.81. The molecule has 1 aromatic heterocycles. The number of aryl methyl sites for hydroxylation is 1. The number of likely N-dealkylation sites (tertiary alicyclic amines) is 1. The molecular formula is C14H25IN6O3. The molecule has 1 aromatic rings. The fourth-order valence-electron chi connectivity index (χ4n) is 2.39. The Balaban J connectivity index is 0.00000288. The minimum absolute atomic E-state index is 0. The molecule has 0 atom stereocenters. The van der Waals surface area contributed by atoms with E-state index in [2.05, 4.69) is 25.8 Å². The Hall–Kier alpha value is -1.59. The lowest BCUT2D eigenvalue weighted by Gasteiger charge is -2.32. The zero-order valence-corrected chi connectivity index (χ0v) is 16.6. The van der Waals surface area contributed by atoms with E-state index in [1.807, 2.05) is 6.92 Å². The van der Waals surface area contributed by atoms with Gasteiger partial charge in [-0.15, -0.1) is 24.0 Å². The van der Waals surface area contributed by atoms with Crippen LogP contribution in [0.2, 0.25) is 0 Å². The van der Waals surface area contributed by atoms with Crippen LogP contribution >= 0.6 is 24.0 Å². The Kier molecular flexibility index (Phi) is 8.79. The molecular weight excluding hydrogens is 427 g/mol. The number of hydrogen-bond donors (Lipinski definition) is 2. The van der Waals surface area contributed by atoms with Crippen LogP contribution in [0.15, 0.2) is 9.52 Å². The largest absolute Gasteiger partial charge is 0.450 e. The first-order valence-electron chi connectivity index (χ1n) is 7.80. The lowest BCUT2D eigenvalue weighted by atomic mass is 10.1. The van der Waals surface area contributed by atoms with Crippen LogP contribution in [-0.2, 0) is 11.3 Å². The number of rotatable bonds is 4. The van der Waals surface area contributed by atoms with Gasteiger partial charge >= 0.3 is 6.09 Å². The normalized spacial score (nSPS) is 15.6. The molecule has 2 N–H and O–H groups in total. The molecule has 0 spiro atoms. The van der Waals surface area contributed by atoms with Crippen LogP contribution < -0.4 is 10.6 Å². The number of ether oxygens (including phenoxy) is 1. The van der Waals surface area contributed by atoms with Crippen LogP contribution in [-0.4, -0.2) is 59.9 Å². The van der Waals surface area contributed by atoms with Crippen molar-refractivity contribution in [3.8, 4) is 0 Å². The first-order chi connectivity index (χ1) is 11.1. The number of amides is 1. The number of hydrogen-bond acceptors (Lipinski definition) is 6. The SMILES string of the molecule is CCOC(=O)N1CCC(NC(=NC)NCc2noc(C)n2)CC1.I. The molecule has 0 aliphatic carbocycles. The van der Waals surface area contributed by atoms with E-state index in [9.17, 15) is 4.79 Å². The van der Waals surface area contributed by atoms with Crippen molar-refractivity contribution in [2.75, 3.05) is 26.7 Å². The predicted octanol–water partition coefficient (Wildman–Crippen LogP) is 1.28. The number of piperidine rings is 1. The highest BCUT2D eigenvalue weighted by atomic mass is 127. The molecule has 0 unspecified atom stereocenters. The third kappa shape index (κ3) is 6.13. The summed E-state index contributed by atoms with van der Waals surface area (Å²) in [6.07, 6.45) is 1.46. The van der Waals surface area contributed by atoms with E-state index in [0.29, 0.717) is 43.9 Å². The van der Waals surface area contributed by atoms with Crippen LogP contribution in [0.5, 0.6) is 0 Å². The lowest BCUT2D eigenvalue weighted by Crippen LogP contribution is -2.49. The number of aromatic nitrogens is 2. The molecule has 0 radical (unpaired) electrons. The zero-order chi connectivity index (χ0) is 16.7. The molecule has 0 aromatic carbocycles. The van der Waals surface area contributed by atoms with Crippen molar-refractivity contribution in [3.05, 3.63) is 11.7 Å². The first-order valence-corrected chi connectivity index (χ1v) is 7.80. The fourth-order valence-corrected chi connectivity index (χ4v) is 2.39. The third-order valence-corrected chi connectivity index (χ3v) is 3.57. The van der Waals surface area contributed by atoms with Gasteiger partial charge in [0.1, 0.15) is 0 Å². The summed E-state index contributed by atoms with van der Waals surface area (Å²) in [5.41, 5.74) is 0. The Bertz CT molecular complexity index is 542. The molecule has 1 saturated heterocycles. The van der Waals surface area contributed by atoms with E-state index in [0.717, 1.165) is 12.8 Å². The summed E-state index contributed by atoms with van der Waals surface area (Å²) in [6.45, 7) is 5.77. The second-order valence-corrected chi connectivity index (χ2v) is 5.26. The quantitative estimate of drug-likeness (QED) is 0.403. The zero-order valence-electron chi connectivity index (χ0n) is 14.2. The summed E-state index contributed by atoms with van der Waals surface area (Å²) < 4.78 is 9.94. The van der Waals surface area contributed by atoms with Crippen LogP contribution in [0.4, 0.5) is 4.79 Å². The molecule has 0 saturated carbocycles. The van der Waals surface area contributed by atoms with Gasteiger partial charge in [0.2, 0.25) is 5.89 Å². The Morgan fingerprint density at radius 2 is 2.17 bits per heavy atom. The second kappa shape index (κ2) is 10.3. The first kappa shape index (κ1) is 20.5. The van der Waals surface area contributed by atoms with Crippen molar-refractivity contribution >= 4 is 36.0 Å². The van der Waals surface area contributed by atoms with E-state index in [1.165, 1.54) is 0 Å². The van der Waals surface area contributed by atoms with Crippen molar-refractivity contribution in [1.29, 1.82) is 0 Å². The number of halogens is 1. The van der Waals surface area contributed by atoms with Gasteiger partial charge < -0.3 is 24.8 Å². The second-order valence-electron chi connectivity index (χ2n) is 5.26. The van der Waals surface area contributed by atoms with Gasteiger partial charge in [-0.3, -0.25) is 4.99 Å². The molecule has 10 heteroatoms. The molecule has 1 aliphatic heterocycles. The number of nitrogens with zero attached hydrogens (tertiary/aromatic N) is 4. The highest BCUT2D eigenvalue weighted by Crippen LogP contribution is 2.11. The molecule has 2 rings (SSSR count). The maximum atomic E-state index is 11.7. The minimum Gasteiger partial charge on any atom is -0.450 e. The number of carbonyl (C=O) groups excluding carboxylic acids is 1. The molecule has 1 amide bonds. The summed E-state index contributed by atoms with van der Waals surface area (Å²) >= 11 is 0. The lowest BCUT2D eigenvalue weighted by molar-refractivity contribution is 0.0963. The molecule has 1 aliphatic rings. The smallest absolute Gasteiger partial charge is 0.409 e. The Morgan fingerprint density at radius 1 is 1.46 bits per heavy atom. The molecule has 2 heterocycles. The monoisotopic (exact) mass is 452 g/mol. The maximum Gasteiger partial charge on any atom is 0.409 e. The standard InChI is InChI=1S/C14H24N6O3.HI/c1-4-22-14(21)20-7-5-11(6-8-20)18-13(15-3)16-9-12-17-10(2)23-19-12;/h11H,4-9H2,1-3H3,(H2,15,16,18);1H. The van der Waals surface area contributed by atoms with Crippen LogP contribution in [0.1, 0.15) is 31.5 Å². The average molecular weight is 452 g/mol. The summed E-state index contributed by atoms with van der Waals surface area (Å²) in [4.78, 5) is 21.7. The highest BCUT2D eigenvalue weighted by molar-refractivity contribution is 14.0. The van der Waals surface area contributed by atoms with Crippen LogP contribution in [0.3, 0.4) is 0 Å². The van der Waals surface area contributed by atoms with Gasteiger partial charge in [0.15, 0.2) is 11.8 Å². The molecule has 24 heavy (non-hydrogen) atoms. The highest BCUT2D eigenvalue weighted by Gasteiger charge is 2.24. The van der Waals surface area contributed by atoms with Gasteiger partial charge in [-0.25, -0.2) is 4.79 Å². The molecule has 9 nitrogen and oxygen atoms in total. The van der Waals surface area contributed by atoms with Gasteiger partial charge in [0, 0.05) is 33.1 Å². The summed E-state index contributed by atoms with van der Waals surface area (Å²) in [6, 6.07) is 0.263. The van der Waals surface area contributed by atoms with Crippen molar-refractivity contribution in [2.24, 2.45) is 4.99 Å². The van der Waals surface area contributed by atoms with E-state index < -0.39 is 0 Å². The minimum atomic E-state index is -0.235. The third-order valence-electron chi connectivity index (χ3n) is 3.57. The van der Waals surface area contributed by atoms with Gasteiger partial charge in [0.05, 0.1) is 13.2 Å². The van der Waals surface area contributed by atoms with E-state index in [-0.39, 0.29) is 36.1 Å². The van der Waals surface area contributed by atoms with E-state index >= 15 is 0 Å². The Morgan fingerprint density at radius 3 is 2.71 bits per heavy atom. The molecule has 1 fully saturated rings. The molecule has 136 valence electrons. The van der Waals surface area contributed by atoms with Crippen molar-refractivity contribution in [3.63, 3.8) is 0 Å². The topological polar surface area (TPSA) is 105 Å². The van der Waals surface area contributed by atoms with Crippen molar-refractivity contribution in [1.82, 2.24) is 25.7 Å². The predicted molar refractivity (Wildman–Crippen MR) is 99.4 cm³/mol. The number of guanidine groups is 1. The van der Waals surface area contributed by atoms with E-state index in [1.54, 1.807) is 18.9 Å². The molecule has 0 bridgehead atoms. The van der Waals surface area contributed by atoms with Crippen molar-refractivity contribution in [2.45, 2.75) is 39.3 Å². The summed E-state index contributed by atoms with van der Waals surface area (Å²) in [7, 11) is 1.71. The van der Waals surface area contributed by atoms with Gasteiger partial charge in [0.25, 0.3) is 0 Å². The van der Waals surface area contributed by atoms with Crippen molar-refractivity contribution < 1.29 is 14.1 Å². The number of aliphatic imine (C=N–C) groups is 1.